The Hall–Kier alpha value is -4.04. The number of hydrogen-bond donors (Lipinski definition) is 4. The van der Waals surface area contributed by atoms with Crippen LogP contribution in [0.3, 0.4) is 0 Å². The first-order valence-corrected chi connectivity index (χ1v) is 12.1. The molecule has 4 rings (SSSR count). The Labute approximate surface area is 213 Å². The molecule has 0 aliphatic heterocycles. The number of nitrogens with one attached hydrogen (secondary N) is 3. The average molecular weight is 508 g/mol. The first kappa shape index (κ1) is 26.0. The number of anilines is 1. The number of carbonyl (C=O) groups is 2. The molecule has 2 amide bonds. The van der Waals surface area contributed by atoms with Gasteiger partial charge in [0, 0.05) is 25.7 Å². The molecule has 0 unspecified atom stereocenters. The lowest BCUT2D eigenvalue weighted by atomic mass is 9.80. The summed E-state index contributed by atoms with van der Waals surface area (Å²) >= 11 is 0. The normalized spacial score (nSPS) is 17.9. The van der Waals surface area contributed by atoms with Crippen LogP contribution in [0, 0.1) is 17.2 Å². The van der Waals surface area contributed by atoms with Gasteiger partial charge < -0.3 is 21.1 Å². The molecule has 0 saturated heterocycles. The van der Waals surface area contributed by atoms with E-state index in [-0.39, 0.29) is 24.1 Å². The Bertz CT molecular complexity index is 1350. The summed E-state index contributed by atoms with van der Waals surface area (Å²) in [5.41, 5.74) is 1.61. The summed E-state index contributed by atoms with van der Waals surface area (Å²) in [7, 11) is 0. The van der Waals surface area contributed by atoms with Gasteiger partial charge in [0.25, 0.3) is 5.91 Å². The predicted molar refractivity (Wildman–Crippen MR) is 135 cm³/mol. The highest BCUT2D eigenvalue weighted by Gasteiger charge is 2.31. The van der Waals surface area contributed by atoms with Gasteiger partial charge in [0.05, 0.1) is 52.1 Å². The van der Waals surface area contributed by atoms with Crippen LogP contribution in [-0.4, -0.2) is 62.4 Å². The van der Waals surface area contributed by atoms with E-state index in [1.54, 1.807) is 16.6 Å². The third-order valence-electron chi connectivity index (χ3n) is 6.48. The molecule has 1 atom stereocenters. The van der Waals surface area contributed by atoms with Crippen LogP contribution in [0.25, 0.3) is 16.9 Å². The number of nitriles is 1. The molecule has 0 spiro atoms. The number of pyridine rings is 1. The second kappa shape index (κ2) is 10.5. The summed E-state index contributed by atoms with van der Waals surface area (Å²) in [6.07, 6.45) is 2.89. The molecule has 3 aromatic heterocycles. The topological polar surface area (TPSA) is 144 Å². The van der Waals surface area contributed by atoms with Crippen molar-refractivity contribution in [3.05, 3.63) is 47.8 Å². The summed E-state index contributed by atoms with van der Waals surface area (Å²) in [6.45, 7) is 4.43. The zero-order valence-corrected chi connectivity index (χ0v) is 21.0. The lowest BCUT2D eigenvalue weighted by Gasteiger charge is -2.37. The number of amides is 2. The number of aliphatic hydroxyl groups is 1. The molecular formula is C26H30FN7O3. The summed E-state index contributed by atoms with van der Waals surface area (Å²) < 4.78 is 15.9. The smallest absolute Gasteiger partial charge is 0.255 e. The maximum absolute atomic E-state index is 14.2. The zero-order valence-electron chi connectivity index (χ0n) is 21.0. The second-order valence-corrected chi connectivity index (χ2v) is 9.97. The molecule has 1 saturated carbocycles. The number of aromatic nitrogens is 3. The number of hydrogen-bond acceptors (Lipinski definition) is 7. The van der Waals surface area contributed by atoms with E-state index in [9.17, 15) is 19.1 Å². The molecule has 0 radical (unpaired) electrons. The lowest BCUT2D eigenvalue weighted by molar-refractivity contribution is -0.119. The Kier molecular flexibility index (Phi) is 7.40. The van der Waals surface area contributed by atoms with Gasteiger partial charge >= 0.3 is 0 Å². The van der Waals surface area contributed by atoms with Crippen molar-refractivity contribution in [2.45, 2.75) is 51.4 Å². The van der Waals surface area contributed by atoms with E-state index in [2.05, 4.69) is 32.1 Å². The molecule has 3 heterocycles. The highest BCUT2D eigenvalue weighted by atomic mass is 19.1. The van der Waals surface area contributed by atoms with Crippen LogP contribution >= 0.6 is 0 Å². The third-order valence-corrected chi connectivity index (χ3v) is 6.48. The lowest BCUT2D eigenvalue weighted by Crippen LogP contribution is -2.43. The van der Waals surface area contributed by atoms with Crippen molar-refractivity contribution in [2.24, 2.45) is 5.92 Å². The van der Waals surface area contributed by atoms with Crippen molar-refractivity contribution in [1.82, 2.24) is 25.2 Å². The minimum absolute atomic E-state index is 0.0682. The Morgan fingerprint density at radius 1 is 1.27 bits per heavy atom. The second-order valence-electron chi connectivity index (χ2n) is 9.97. The molecule has 0 aromatic carbocycles. The summed E-state index contributed by atoms with van der Waals surface area (Å²) in [6, 6.07) is 9.29. The van der Waals surface area contributed by atoms with Crippen molar-refractivity contribution in [3.8, 4) is 17.5 Å². The van der Waals surface area contributed by atoms with Crippen LogP contribution in [0.2, 0.25) is 0 Å². The fourth-order valence-corrected chi connectivity index (χ4v) is 4.21. The maximum atomic E-state index is 14.2. The van der Waals surface area contributed by atoms with E-state index in [0.29, 0.717) is 35.1 Å². The van der Waals surface area contributed by atoms with Gasteiger partial charge in [-0.3, -0.25) is 14.6 Å². The molecule has 11 heteroatoms. The van der Waals surface area contributed by atoms with E-state index in [1.807, 2.05) is 12.1 Å². The van der Waals surface area contributed by atoms with Gasteiger partial charge in [0.2, 0.25) is 5.91 Å². The van der Waals surface area contributed by atoms with Crippen molar-refractivity contribution < 1.29 is 19.1 Å². The van der Waals surface area contributed by atoms with Gasteiger partial charge in [0.1, 0.15) is 12.2 Å². The monoisotopic (exact) mass is 507 g/mol. The molecule has 1 aliphatic carbocycles. The van der Waals surface area contributed by atoms with E-state index >= 15 is 0 Å². The molecule has 1 fully saturated rings. The Morgan fingerprint density at radius 2 is 2.03 bits per heavy atom. The molecular weight excluding hydrogens is 477 g/mol. The van der Waals surface area contributed by atoms with Gasteiger partial charge in [-0.2, -0.15) is 10.4 Å². The summed E-state index contributed by atoms with van der Waals surface area (Å²) in [5, 5.41) is 32.1. The molecule has 1 aliphatic rings. The largest absolute Gasteiger partial charge is 0.387 e. The Balaban J connectivity index is 1.58. The number of fused-ring (bicyclic) bond motifs is 1. The fraction of sp³-hybridized carbons (Fsp3) is 0.423. The van der Waals surface area contributed by atoms with Crippen LogP contribution in [0.5, 0.6) is 0 Å². The van der Waals surface area contributed by atoms with E-state index in [4.69, 9.17) is 5.26 Å². The first-order chi connectivity index (χ1) is 17.5. The van der Waals surface area contributed by atoms with Crippen LogP contribution < -0.4 is 16.0 Å². The quantitative estimate of drug-likeness (QED) is 0.348. The number of rotatable bonds is 9. The van der Waals surface area contributed by atoms with Crippen LogP contribution in [0.4, 0.5) is 10.1 Å². The third kappa shape index (κ3) is 6.03. The number of alkyl halides is 1. The van der Waals surface area contributed by atoms with Crippen LogP contribution in [0.15, 0.2) is 36.7 Å². The van der Waals surface area contributed by atoms with Crippen LogP contribution in [0.1, 0.15) is 49.5 Å². The molecule has 3 aromatic rings. The molecule has 0 bridgehead atoms. The highest BCUT2D eigenvalue weighted by Crippen LogP contribution is 2.32. The SMILES string of the molecule is CC(=O)NCC1CC(Nc2cc(-c3ccc4cc(C#N)cnn34)ncc2C(=O)NC[C@@H](F)C(C)(C)O)C1. The number of carbonyl (C=O) groups excluding carboxylic acids is 2. The number of halogens is 1. The van der Waals surface area contributed by atoms with Gasteiger partial charge in [0.15, 0.2) is 0 Å². The Morgan fingerprint density at radius 3 is 2.70 bits per heavy atom. The van der Waals surface area contributed by atoms with Crippen LogP contribution in [-0.2, 0) is 4.79 Å². The average Bonchev–Trinajstić information content (AvgIpc) is 3.25. The highest BCUT2D eigenvalue weighted by molar-refractivity contribution is 6.00. The summed E-state index contributed by atoms with van der Waals surface area (Å²) in [5.74, 6) is -0.243. The molecule has 4 N–H and O–H groups in total. The molecule has 10 nitrogen and oxygen atoms in total. The molecule has 194 valence electrons. The van der Waals surface area contributed by atoms with E-state index in [0.717, 1.165) is 18.4 Å². The van der Waals surface area contributed by atoms with Crippen molar-refractivity contribution >= 4 is 23.0 Å². The van der Waals surface area contributed by atoms with Gasteiger partial charge in [-0.1, -0.05) is 0 Å². The fourth-order valence-electron chi connectivity index (χ4n) is 4.21. The van der Waals surface area contributed by atoms with Crippen molar-refractivity contribution in [3.63, 3.8) is 0 Å². The minimum atomic E-state index is -1.64. The standard InChI is InChI=1S/C26H30FN7O3/c1-15(35)29-11-16-6-18(7-16)33-21-9-22(23-5-4-19-8-17(10-28)12-32-34(19)23)30-13-20(21)25(36)31-14-24(27)26(2,3)37/h4-5,8-9,12-13,16,18,24,37H,6-7,11,14H2,1-3H3,(H,29,35)(H,30,33)(H,31,36)/t16?,18?,24-/m1/s1. The van der Waals surface area contributed by atoms with E-state index in [1.165, 1.54) is 33.2 Å². The summed E-state index contributed by atoms with van der Waals surface area (Å²) in [4.78, 5) is 28.6. The van der Waals surface area contributed by atoms with Crippen molar-refractivity contribution in [1.29, 1.82) is 5.26 Å². The van der Waals surface area contributed by atoms with Gasteiger partial charge in [-0.15, -0.1) is 0 Å². The van der Waals surface area contributed by atoms with Crippen molar-refractivity contribution in [2.75, 3.05) is 18.4 Å². The van der Waals surface area contributed by atoms with E-state index < -0.39 is 17.7 Å². The minimum Gasteiger partial charge on any atom is -0.387 e. The van der Waals surface area contributed by atoms with Gasteiger partial charge in [-0.05, 0) is 56.9 Å². The van der Waals surface area contributed by atoms with Gasteiger partial charge in [-0.25, -0.2) is 8.91 Å². The maximum Gasteiger partial charge on any atom is 0.255 e. The predicted octanol–water partition coefficient (Wildman–Crippen LogP) is 2.43. The zero-order chi connectivity index (χ0) is 26.7. The first-order valence-electron chi connectivity index (χ1n) is 12.1. The number of nitrogens with zero attached hydrogens (tertiary/aromatic N) is 4. The molecule has 37 heavy (non-hydrogen) atoms.